The Morgan fingerprint density at radius 2 is 2.04 bits per heavy atom. The van der Waals surface area contributed by atoms with Gasteiger partial charge in [0, 0.05) is 30.8 Å². The topological polar surface area (TPSA) is 121 Å². The first-order valence-corrected chi connectivity index (χ1v) is 9.85. The molecule has 1 fully saturated rings. The van der Waals surface area contributed by atoms with Crippen LogP contribution in [0, 0.1) is 0 Å². The Hall–Kier alpha value is -1.75. The monoisotopic (exact) mass is 403 g/mol. The zero-order valence-corrected chi connectivity index (χ0v) is 15.6. The van der Waals surface area contributed by atoms with Crippen molar-refractivity contribution in [3.8, 4) is 0 Å². The van der Waals surface area contributed by atoms with Gasteiger partial charge in [-0.2, -0.15) is 16.1 Å². The molecule has 1 aliphatic heterocycles. The van der Waals surface area contributed by atoms with Crippen molar-refractivity contribution in [1.29, 1.82) is 0 Å². The highest BCUT2D eigenvalue weighted by Crippen LogP contribution is 2.21. The molecule has 0 saturated carbocycles. The number of nitrogens with two attached hydrogens (primary N) is 1. The average molecular weight is 404 g/mol. The molecule has 1 saturated heterocycles. The molecule has 1 amide bonds. The summed E-state index contributed by atoms with van der Waals surface area (Å²) in [4.78, 5) is 18.9. The second kappa shape index (κ2) is 8.09. The largest absolute Gasteiger partial charge is 0.384 e. The second-order valence-corrected chi connectivity index (χ2v) is 8.35. The van der Waals surface area contributed by atoms with Gasteiger partial charge in [0.1, 0.15) is 16.4 Å². The van der Waals surface area contributed by atoms with Crippen LogP contribution >= 0.6 is 24.2 Å². The van der Waals surface area contributed by atoms with Gasteiger partial charge in [0.2, 0.25) is 10.0 Å². The lowest BCUT2D eigenvalue weighted by Crippen LogP contribution is -2.37. The summed E-state index contributed by atoms with van der Waals surface area (Å²) < 4.78 is 26.6. The molecule has 4 N–H and O–H groups in total. The van der Waals surface area contributed by atoms with E-state index in [4.69, 9.17) is 5.73 Å². The van der Waals surface area contributed by atoms with Gasteiger partial charge in [-0.1, -0.05) is 0 Å². The van der Waals surface area contributed by atoms with Crippen LogP contribution < -0.4 is 11.1 Å². The Kier molecular flexibility index (Phi) is 6.33. The Labute approximate surface area is 156 Å². The standard InChI is InChI=1S/C14H17N5O3S2.ClH/c15-13-2-1-10(8-17-13)18-14(20)12-7-11(9-16-12)24(21,22)19-3-5-23-6-4-19;/h1-2,7-9,16H,3-6H2,(H2,15,17)(H,18,20);1H. The number of aromatic nitrogens is 2. The third-order valence-electron chi connectivity index (χ3n) is 3.55. The van der Waals surface area contributed by atoms with E-state index in [0.717, 1.165) is 11.5 Å². The maximum Gasteiger partial charge on any atom is 0.272 e. The fourth-order valence-electron chi connectivity index (χ4n) is 2.27. The van der Waals surface area contributed by atoms with Crippen molar-refractivity contribution >= 4 is 51.6 Å². The highest BCUT2D eigenvalue weighted by molar-refractivity contribution is 7.99. The van der Waals surface area contributed by atoms with E-state index in [1.165, 1.54) is 22.8 Å². The van der Waals surface area contributed by atoms with Crippen LogP contribution in [0.25, 0.3) is 0 Å². The summed E-state index contributed by atoms with van der Waals surface area (Å²) in [6, 6.07) is 4.53. The third-order valence-corrected chi connectivity index (χ3v) is 6.37. The van der Waals surface area contributed by atoms with Crippen LogP contribution in [0.2, 0.25) is 0 Å². The average Bonchev–Trinajstić information content (AvgIpc) is 3.09. The van der Waals surface area contributed by atoms with Crippen LogP contribution in [-0.4, -0.2) is 53.2 Å². The van der Waals surface area contributed by atoms with Gasteiger partial charge in [-0.25, -0.2) is 13.4 Å². The van der Waals surface area contributed by atoms with Crippen LogP contribution in [0.3, 0.4) is 0 Å². The minimum absolute atomic E-state index is 0. The van der Waals surface area contributed by atoms with E-state index < -0.39 is 15.9 Å². The first-order valence-electron chi connectivity index (χ1n) is 7.26. The molecule has 1 aliphatic rings. The number of hydrogen-bond donors (Lipinski definition) is 3. The van der Waals surface area contributed by atoms with Gasteiger partial charge in [-0.15, -0.1) is 12.4 Å². The predicted octanol–water partition coefficient (Wildman–Crippen LogP) is 1.40. The molecular weight excluding hydrogens is 386 g/mol. The summed E-state index contributed by atoms with van der Waals surface area (Å²) in [5.41, 5.74) is 6.12. The van der Waals surface area contributed by atoms with Gasteiger partial charge in [0.15, 0.2) is 0 Å². The molecule has 0 bridgehead atoms. The van der Waals surface area contributed by atoms with Gasteiger partial charge in [0.05, 0.1) is 11.9 Å². The van der Waals surface area contributed by atoms with Crippen molar-refractivity contribution in [2.75, 3.05) is 35.6 Å². The Morgan fingerprint density at radius 1 is 1.32 bits per heavy atom. The van der Waals surface area contributed by atoms with Crippen LogP contribution in [0.1, 0.15) is 10.5 Å². The van der Waals surface area contributed by atoms with E-state index in [9.17, 15) is 13.2 Å². The number of anilines is 2. The molecule has 136 valence electrons. The Morgan fingerprint density at radius 3 is 2.68 bits per heavy atom. The SMILES string of the molecule is Cl.Nc1ccc(NC(=O)c2cc(S(=O)(=O)N3CCSCC3)c[nH]2)cn1. The number of halogens is 1. The maximum absolute atomic E-state index is 12.6. The van der Waals surface area contributed by atoms with Crippen molar-refractivity contribution < 1.29 is 13.2 Å². The summed E-state index contributed by atoms with van der Waals surface area (Å²) in [5, 5.41) is 2.63. The van der Waals surface area contributed by atoms with Crippen LogP contribution in [0.4, 0.5) is 11.5 Å². The molecule has 3 heterocycles. The molecule has 0 spiro atoms. The van der Waals surface area contributed by atoms with Gasteiger partial charge in [0.25, 0.3) is 5.91 Å². The lowest BCUT2D eigenvalue weighted by Gasteiger charge is -2.24. The lowest BCUT2D eigenvalue weighted by molar-refractivity contribution is 0.102. The summed E-state index contributed by atoms with van der Waals surface area (Å²) in [6.45, 7) is 0.966. The van der Waals surface area contributed by atoms with Crippen molar-refractivity contribution in [2.24, 2.45) is 0 Å². The summed E-state index contributed by atoms with van der Waals surface area (Å²) in [7, 11) is -3.57. The number of hydrogen-bond acceptors (Lipinski definition) is 6. The molecule has 0 atom stereocenters. The number of carbonyl (C=O) groups is 1. The number of aromatic amines is 1. The highest BCUT2D eigenvalue weighted by Gasteiger charge is 2.27. The maximum atomic E-state index is 12.6. The van der Waals surface area contributed by atoms with Gasteiger partial charge >= 0.3 is 0 Å². The van der Waals surface area contributed by atoms with Crippen molar-refractivity contribution in [3.63, 3.8) is 0 Å². The molecule has 25 heavy (non-hydrogen) atoms. The van der Waals surface area contributed by atoms with Gasteiger partial charge in [-0.05, 0) is 18.2 Å². The molecule has 3 rings (SSSR count). The van der Waals surface area contributed by atoms with Gasteiger partial charge in [-0.3, -0.25) is 4.79 Å². The molecule has 0 aromatic carbocycles. The van der Waals surface area contributed by atoms with Crippen LogP contribution in [-0.2, 0) is 10.0 Å². The number of amides is 1. The molecule has 11 heteroatoms. The zero-order chi connectivity index (χ0) is 17.2. The predicted molar refractivity (Wildman–Crippen MR) is 101 cm³/mol. The minimum atomic E-state index is -3.57. The summed E-state index contributed by atoms with van der Waals surface area (Å²) in [5.74, 6) is 1.46. The normalized spacial score (nSPS) is 15.4. The lowest BCUT2D eigenvalue weighted by atomic mass is 10.3. The number of nitrogen functional groups attached to an aromatic ring is 1. The van der Waals surface area contributed by atoms with E-state index in [1.807, 2.05) is 0 Å². The first-order chi connectivity index (χ1) is 11.5. The third kappa shape index (κ3) is 4.46. The molecule has 2 aromatic heterocycles. The molecular formula is C14H18ClN5O3S2. The minimum Gasteiger partial charge on any atom is -0.384 e. The fraction of sp³-hybridized carbons (Fsp3) is 0.286. The first kappa shape index (κ1) is 19.6. The second-order valence-electron chi connectivity index (χ2n) is 5.19. The smallest absolute Gasteiger partial charge is 0.272 e. The molecule has 8 nitrogen and oxygen atoms in total. The number of H-pyrrole nitrogens is 1. The van der Waals surface area contributed by atoms with Crippen molar-refractivity contribution in [2.45, 2.75) is 4.90 Å². The van der Waals surface area contributed by atoms with E-state index in [2.05, 4.69) is 15.3 Å². The number of thioether (sulfide) groups is 1. The summed E-state index contributed by atoms with van der Waals surface area (Å²) >= 11 is 1.73. The highest BCUT2D eigenvalue weighted by atomic mass is 35.5. The van der Waals surface area contributed by atoms with E-state index in [-0.39, 0.29) is 23.0 Å². The quantitative estimate of drug-likeness (QED) is 0.709. The van der Waals surface area contributed by atoms with Crippen molar-refractivity contribution in [1.82, 2.24) is 14.3 Å². The van der Waals surface area contributed by atoms with E-state index >= 15 is 0 Å². The van der Waals surface area contributed by atoms with E-state index in [0.29, 0.717) is 24.6 Å². The molecule has 0 aliphatic carbocycles. The number of carbonyl (C=O) groups excluding carboxylic acids is 1. The number of nitrogens with one attached hydrogen (secondary N) is 2. The van der Waals surface area contributed by atoms with Gasteiger partial charge < -0.3 is 16.0 Å². The molecule has 2 aromatic rings. The molecule has 0 unspecified atom stereocenters. The van der Waals surface area contributed by atoms with Crippen LogP contribution in [0.5, 0.6) is 0 Å². The summed E-state index contributed by atoms with van der Waals surface area (Å²) in [6.07, 6.45) is 2.77. The fourth-order valence-corrected chi connectivity index (χ4v) is 4.84. The number of sulfonamides is 1. The van der Waals surface area contributed by atoms with E-state index in [1.54, 1.807) is 23.9 Å². The molecule has 0 radical (unpaired) electrons. The zero-order valence-electron chi connectivity index (χ0n) is 13.1. The Balaban J connectivity index is 0.00000225. The number of rotatable bonds is 4. The Bertz CT molecular complexity index is 832. The number of pyridine rings is 1. The van der Waals surface area contributed by atoms with Crippen LogP contribution in [0.15, 0.2) is 35.5 Å². The number of nitrogens with zero attached hydrogens (tertiary/aromatic N) is 2. The van der Waals surface area contributed by atoms with Crippen molar-refractivity contribution in [3.05, 3.63) is 36.3 Å².